The Morgan fingerprint density at radius 1 is 1.56 bits per heavy atom. The van der Waals surface area contributed by atoms with Crippen LogP contribution in [0.25, 0.3) is 0 Å². The molecule has 0 aromatic carbocycles. The molecule has 1 atom stereocenters. The molecule has 1 unspecified atom stereocenters. The van der Waals surface area contributed by atoms with Crippen LogP contribution in [0.5, 0.6) is 0 Å². The summed E-state index contributed by atoms with van der Waals surface area (Å²) in [7, 11) is 0. The van der Waals surface area contributed by atoms with Gasteiger partial charge in [0.15, 0.2) is 0 Å². The van der Waals surface area contributed by atoms with Crippen molar-refractivity contribution in [2.45, 2.75) is 32.2 Å². The van der Waals surface area contributed by atoms with Crippen molar-refractivity contribution < 1.29 is 4.92 Å². The average molecular weight is 250 g/mol. The number of pyridine rings is 1. The minimum atomic E-state index is -0.400. The zero-order chi connectivity index (χ0) is 13.1. The molecule has 2 rings (SSSR count). The molecule has 1 fully saturated rings. The van der Waals surface area contributed by atoms with E-state index in [0.29, 0.717) is 18.3 Å². The molecule has 0 radical (unpaired) electrons. The van der Waals surface area contributed by atoms with E-state index in [9.17, 15) is 10.1 Å². The number of aromatic nitrogens is 1. The van der Waals surface area contributed by atoms with Crippen LogP contribution in [0.4, 0.5) is 11.5 Å². The molecule has 1 saturated heterocycles. The van der Waals surface area contributed by atoms with Crippen molar-refractivity contribution in [1.82, 2.24) is 4.98 Å². The molecule has 1 aliphatic heterocycles. The molecule has 1 aromatic heterocycles. The Kier molecular flexibility index (Phi) is 3.76. The van der Waals surface area contributed by atoms with Crippen LogP contribution in [0.3, 0.4) is 0 Å². The number of nitrogens with zero attached hydrogens (tertiary/aromatic N) is 3. The van der Waals surface area contributed by atoms with Gasteiger partial charge in [-0.1, -0.05) is 0 Å². The van der Waals surface area contributed by atoms with Crippen molar-refractivity contribution in [3.8, 4) is 0 Å². The molecule has 0 saturated carbocycles. The normalized spacial score (nSPS) is 19.9. The van der Waals surface area contributed by atoms with Gasteiger partial charge in [-0.2, -0.15) is 0 Å². The highest BCUT2D eigenvalue weighted by Gasteiger charge is 2.23. The second-order valence-corrected chi connectivity index (χ2v) is 4.61. The third-order valence-corrected chi connectivity index (χ3v) is 3.43. The Morgan fingerprint density at radius 2 is 2.33 bits per heavy atom. The summed E-state index contributed by atoms with van der Waals surface area (Å²) in [6.07, 6.45) is 3.37. The van der Waals surface area contributed by atoms with E-state index in [0.717, 1.165) is 25.2 Å². The number of hydrogen-bond acceptors (Lipinski definition) is 5. The summed E-state index contributed by atoms with van der Waals surface area (Å²) in [5, 5.41) is 10.8. The highest BCUT2D eigenvalue weighted by Crippen LogP contribution is 2.25. The van der Waals surface area contributed by atoms with Crippen LogP contribution in [-0.4, -0.2) is 29.0 Å². The standard InChI is InChI=1S/C12H18N4O2/c1-9-11(16(17)18)5-6-12(14-9)15-7-3-2-4-10(15)8-13/h5-6,10H,2-4,7-8,13H2,1H3. The summed E-state index contributed by atoms with van der Waals surface area (Å²) in [6.45, 7) is 3.19. The summed E-state index contributed by atoms with van der Waals surface area (Å²) >= 11 is 0. The fourth-order valence-corrected chi connectivity index (χ4v) is 2.44. The molecule has 6 heteroatoms. The first kappa shape index (κ1) is 12.8. The predicted molar refractivity (Wildman–Crippen MR) is 69.7 cm³/mol. The van der Waals surface area contributed by atoms with Crippen molar-refractivity contribution in [1.29, 1.82) is 0 Å². The van der Waals surface area contributed by atoms with Gasteiger partial charge in [0.05, 0.1) is 4.92 Å². The van der Waals surface area contributed by atoms with E-state index in [2.05, 4.69) is 9.88 Å². The van der Waals surface area contributed by atoms with E-state index in [1.165, 1.54) is 12.5 Å². The minimum Gasteiger partial charge on any atom is -0.352 e. The van der Waals surface area contributed by atoms with E-state index in [1.807, 2.05) is 0 Å². The third kappa shape index (κ3) is 2.43. The number of nitrogens with two attached hydrogens (primary N) is 1. The molecule has 0 amide bonds. The number of aryl methyl sites for hydroxylation is 1. The van der Waals surface area contributed by atoms with Crippen LogP contribution in [0.1, 0.15) is 25.0 Å². The zero-order valence-electron chi connectivity index (χ0n) is 10.5. The third-order valence-electron chi connectivity index (χ3n) is 3.43. The van der Waals surface area contributed by atoms with Crippen LogP contribution in [0.2, 0.25) is 0 Å². The molecular formula is C12H18N4O2. The van der Waals surface area contributed by atoms with Crippen molar-refractivity contribution in [2.24, 2.45) is 5.73 Å². The number of hydrogen-bond donors (Lipinski definition) is 1. The number of rotatable bonds is 3. The SMILES string of the molecule is Cc1nc(N2CCCCC2CN)ccc1[N+](=O)[O-]. The monoisotopic (exact) mass is 250 g/mol. The van der Waals surface area contributed by atoms with Crippen LogP contribution in [0.15, 0.2) is 12.1 Å². The lowest BCUT2D eigenvalue weighted by molar-refractivity contribution is -0.385. The zero-order valence-corrected chi connectivity index (χ0v) is 10.5. The minimum absolute atomic E-state index is 0.0695. The molecule has 98 valence electrons. The van der Waals surface area contributed by atoms with E-state index >= 15 is 0 Å². The Labute approximate surface area is 106 Å². The Hall–Kier alpha value is -1.69. The topological polar surface area (TPSA) is 85.3 Å². The van der Waals surface area contributed by atoms with Gasteiger partial charge in [-0.25, -0.2) is 4.98 Å². The molecule has 0 aliphatic carbocycles. The van der Waals surface area contributed by atoms with Gasteiger partial charge in [0.2, 0.25) is 0 Å². The molecule has 2 N–H and O–H groups in total. The maximum Gasteiger partial charge on any atom is 0.290 e. The van der Waals surface area contributed by atoms with Gasteiger partial charge in [0.1, 0.15) is 11.5 Å². The fraction of sp³-hybridized carbons (Fsp3) is 0.583. The Balaban J connectivity index is 2.27. The fourth-order valence-electron chi connectivity index (χ4n) is 2.44. The number of nitro groups is 1. The van der Waals surface area contributed by atoms with Gasteiger partial charge >= 0.3 is 0 Å². The van der Waals surface area contributed by atoms with E-state index in [1.54, 1.807) is 13.0 Å². The Morgan fingerprint density at radius 3 is 2.94 bits per heavy atom. The summed E-state index contributed by atoms with van der Waals surface area (Å²) < 4.78 is 0. The van der Waals surface area contributed by atoms with Crippen LogP contribution in [-0.2, 0) is 0 Å². The lowest BCUT2D eigenvalue weighted by Crippen LogP contribution is -2.44. The first-order valence-electron chi connectivity index (χ1n) is 6.22. The lowest BCUT2D eigenvalue weighted by Gasteiger charge is -2.36. The molecule has 0 spiro atoms. The van der Waals surface area contributed by atoms with Gasteiger partial charge in [0.25, 0.3) is 5.69 Å². The van der Waals surface area contributed by atoms with Gasteiger partial charge in [-0.3, -0.25) is 10.1 Å². The first-order valence-corrected chi connectivity index (χ1v) is 6.22. The summed E-state index contributed by atoms with van der Waals surface area (Å²) in [5.41, 5.74) is 6.30. The smallest absolute Gasteiger partial charge is 0.290 e. The van der Waals surface area contributed by atoms with Crippen LogP contribution in [0, 0.1) is 17.0 Å². The second kappa shape index (κ2) is 5.30. The lowest BCUT2D eigenvalue weighted by atomic mass is 10.0. The van der Waals surface area contributed by atoms with Crippen molar-refractivity contribution in [2.75, 3.05) is 18.0 Å². The average Bonchev–Trinajstić information content (AvgIpc) is 2.38. The number of piperidine rings is 1. The van der Waals surface area contributed by atoms with Gasteiger partial charge in [-0.15, -0.1) is 0 Å². The van der Waals surface area contributed by atoms with Gasteiger partial charge < -0.3 is 10.6 Å². The molecule has 0 bridgehead atoms. The molecule has 2 heterocycles. The quantitative estimate of drug-likeness (QED) is 0.650. The van der Waals surface area contributed by atoms with Gasteiger partial charge in [0, 0.05) is 25.2 Å². The van der Waals surface area contributed by atoms with E-state index in [4.69, 9.17) is 5.73 Å². The van der Waals surface area contributed by atoms with Crippen molar-refractivity contribution >= 4 is 11.5 Å². The van der Waals surface area contributed by atoms with Crippen LogP contribution >= 0.6 is 0 Å². The molecule has 6 nitrogen and oxygen atoms in total. The molecule has 1 aliphatic rings. The van der Waals surface area contributed by atoms with Crippen LogP contribution < -0.4 is 10.6 Å². The molecular weight excluding hydrogens is 232 g/mol. The predicted octanol–water partition coefficient (Wildman–Crippen LogP) is 1.62. The summed E-state index contributed by atoms with van der Waals surface area (Å²) in [4.78, 5) is 16.9. The van der Waals surface area contributed by atoms with Crippen molar-refractivity contribution in [3.63, 3.8) is 0 Å². The van der Waals surface area contributed by atoms with Crippen molar-refractivity contribution in [3.05, 3.63) is 27.9 Å². The summed E-state index contributed by atoms with van der Waals surface area (Å²) in [5.74, 6) is 0.799. The number of anilines is 1. The highest BCUT2D eigenvalue weighted by molar-refractivity contribution is 5.47. The maximum atomic E-state index is 10.8. The first-order chi connectivity index (χ1) is 8.63. The van der Waals surface area contributed by atoms with E-state index < -0.39 is 4.92 Å². The van der Waals surface area contributed by atoms with Gasteiger partial charge in [-0.05, 0) is 32.3 Å². The summed E-state index contributed by atoms with van der Waals surface area (Å²) in [6, 6.07) is 3.55. The van der Waals surface area contributed by atoms with E-state index in [-0.39, 0.29) is 5.69 Å². The maximum absolute atomic E-state index is 10.8. The molecule has 18 heavy (non-hydrogen) atoms. The second-order valence-electron chi connectivity index (χ2n) is 4.61. The highest BCUT2D eigenvalue weighted by atomic mass is 16.6. The molecule has 1 aromatic rings. The largest absolute Gasteiger partial charge is 0.352 e. The Bertz CT molecular complexity index is 450.